The lowest BCUT2D eigenvalue weighted by Crippen LogP contribution is -2.13. The number of anilines is 1. The van der Waals surface area contributed by atoms with Crippen molar-refractivity contribution >= 4 is 21.7 Å². The lowest BCUT2D eigenvalue weighted by atomic mass is 10.1. The molecule has 6 heteroatoms. The Kier molecular flexibility index (Phi) is 3.58. The zero-order valence-corrected chi connectivity index (χ0v) is 11.5. The third-order valence-corrected chi connectivity index (χ3v) is 3.18. The van der Waals surface area contributed by atoms with Crippen LogP contribution in [-0.2, 0) is 0 Å². The van der Waals surface area contributed by atoms with E-state index in [2.05, 4.69) is 31.3 Å². The monoisotopic (exact) mass is 310 g/mol. The maximum Gasteiger partial charge on any atom is 0.187 e. The minimum absolute atomic E-state index is 0.00928. The molecule has 94 valence electrons. The molecule has 18 heavy (non-hydrogen) atoms. The number of rotatable bonds is 2. The number of hydrogen-bond acceptors (Lipinski definition) is 4. The van der Waals surface area contributed by atoms with Crippen molar-refractivity contribution in [2.45, 2.75) is 13.8 Å². The van der Waals surface area contributed by atoms with Gasteiger partial charge in [0.2, 0.25) is 0 Å². The van der Waals surface area contributed by atoms with Crippen molar-refractivity contribution in [1.82, 2.24) is 9.97 Å². The second-order valence-corrected chi connectivity index (χ2v) is 4.78. The first-order valence-electron chi connectivity index (χ1n) is 5.30. The molecule has 0 aliphatic carbocycles. The Morgan fingerprint density at radius 3 is 2.61 bits per heavy atom. The van der Waals surface area contributed by atoms with Gasteiger partial charge in [-0.25, -0.2) is 20.2 Å². The van der Waals surface area contributed by atoms with Crippen molar-refractivity contribution in [3.05, 3.63) is 39.7 Å². The van der Waals surface area contributed by atoms with E-state index in [1.807, 2.05) is 25.1 Å². The summed E-state index contributed by atoms with van der Waals surface area (Å²) in [6, 6.07) is 5.77. The first kappa shape index (κ1) is 12.9. The largest absolute Gasteiger partial charge is 0.306 e. The molecule has 0 amide bonds. The van der Waals surface area contributed by atoms with E-state index in [0.29, 0.717) is 5.82 Å². The number of nitrogens with zero attached hydrogens (tertiary/aromatic N) is 2. The molecule has 0 unspecified atom stereocenters. The van der Waals surface area contributed by atoms with Crippen LogP contribution in [0.3, 0.4) is 0 Å². The molecule has 0 saturated heterocycles. The summed E-state index contributed by atoms with van der Waals surface area (Å²) in [4.78, 5) is 8.19. The molecule has 0 bridgehead atoms. The number of aromatic nitrogens is 2. The smallest absolute Gasteiger partial charge is 0.187 e. The van der Waals surface area contributed by atoms with Gasteiger partial charge < -0.3 is 5.43 Å². The molecule has 1 aromatic heterocycles. The van der Waals surface area contributed by atoms with Crippen molar-refractivity contribution in [3.8, 4) is 11.4 Å². The number of nitrogens with two attached hydrogens (primary N) is 1. The Balaban J connectivity index is 2.60. The van der Waals surface area contributed by atoms with Crippen LogP contribution < -0.4 is 11.3 Å². The van der Waals surface area contributed by atoms with E-state index in [1.54, 1.807) is 6.92 Å². The molecule has 0 aliphatic rings. The number of hydrogen-bond donors (Lipinski definition) is 2. The summed E-state index contributed by atoms with van der Waals surface area (Å²) in [7, 11) is 0. The third-order valence-electron chi connectivity index (χ3n) is 2.52. The van der Waals surface area contributed by atoms with Crippen LogP contribution in [0.25, 0.3) is 11.4 Å². The van der Waals surface area contributed by atoms with Crippen LogP contribution in [0.5, 0.6) is 0 Å². The van der Waals surface area contributed by atoms with Crippen LogP contribution >= 0.6 is 15.9 Å². The number of nitrogen functional groups attached to an aromatic ring is 1. The van der Waals surface area contributed by atoms with Gasteiger partial charge >= 0.3 is 0 Å². The summed E-state index contributed by atoms with van der Waals surface area (Å²) >= 11 is 3.45. The zero-order valence-electron chi connectivity index (χ0n) is 9.96. The number of benzene rings is 1. The van der Waals surface area contributed by atoms with Gasteiger partial charge in [-0.05, 0) is 31.5 Å². The lowest BCUT2D eigenvalue weighted by molar-refractivity contribution is 0.606. The van der Waals surface area contributed by atoms with Gasteiger partial charge in [0.05, 0.1) is 5.69 Å². The maximum absolute atomic E-state index is 13.6. The molecule has 4 nitrogen and oxygen atoms in total. The van der Waals surface area contributed by atoms with Crippen molar-refractivity contribution in [2.24, 2.45) is 5.84 Å². The second-order valence-electron chi connectivity index (χ2n) is 3.92. The number of aryl methyl sites for hydroxylation is 2. The van der Waals surface area contributed by atoms with Crippen molar-refractivity contribution < 1.29 is 4.39 Å². The first-order chi connectivity index (χ1) is 8.52. The highest BCUT2D eigenvalue weighted by Crippen LogP contribution is 2.28. The molecule has 1 aromatic carbocycles. The molecular weight excluding hydrogens is 299 g/mol. The second kappa shape index (κ2) is 4.99. The van der Waals surface area contributed by atoms with Crippen LogP contribution in [0.15, 0.2) is 22.7 Å². The number of hydrazine groups is 1. The van der Waals surface area contributed by atoms with Crippen LogP contribution in [0.1, 0.15) is 11.3 Å². The maximum atomic E-state index is 13.6. The molecule has 0 fully saturated rings. The van der Waals surface area contributed by atoms with Crippen LogP contribution in [0.4, 0.5) is 10.2 Å². The predicted octanol–water partition coefficient (Wildman–Crippen LogP) is 2.95. The standard InChI is InChI=1S/C12H12BrFN4/c1-6-3-4-8(9(13)5-6)11-16-7(2)10(14)12(17-11)18-15/h3-5H,15H2,1-2H3,(H,16,17,18). The highest BCUT2D eigenvalue weighted by atomic mass is 79.9. The molecule has 0 spiro atoms. The fourth-order valence-corrected chi connectivity index (χ4v) is 2.25. The molecular formula is C12H12BrFN4. The summed E-state index contributed by atoms with van der Waals surface area (Å²) in [5.74, 6) is 5.11. The summed E-state index contributed by atoms with van der Waals surface area (Å²) < 4.78 is 14.4. The molecule has 3 N–H and O–H groups in total. The Morgan fingerprint density at radius 1 is 1.28 bits per heavy atom. The molecule has 2 rings (SSSR count). The van der Waals surface area contributed by atoms with Crippen molar-refractivity contribution in [1.29, 1.82) is 0 Å². The van der Waals surface area contributed by atoms with E-state index in [9.17, 15) is 4.39 Å². The Bertz CT molecular complexity index is 601. The van der Waals surface area contributed by atoms with Gasteiger partial charge in [0.1, 0.15) is 0 Å². The fourth-order valence-electron chi connectivity index (χ4n) is 1.58. The van der Waals surface area contributed by atoms with Crippen LogP contribution in [0.2, 0.25) is 0 Å². The van der Waals surface area contributed by atoms with Crippen LogP contribution in [-0.4, -0.2) is 9.97 Å². The minimum atomic E-state index is -0.538. The molecule has 0 radical (unpaired) electrons. The topological polar surface area (TPSA) is 63.8 Å². The molecule has 0 atom stereocenters. The van der Waals surface area contributed by atoms with E-state index < -0.39 is 5.82 Å². The summed E-state index contributed by atoms with van der Waals surface area (Å²) in [6.07, 6.45) is 0. The average molecular weight is 311 g/mol. The average Bonchev–Trinajstić information content (AvgIpc) is 2.32. The Morgan fingerprint density at radius 2 is 2.00 bits per heavy atom. The number of nitrogens with one attached hydrogen (secondary N) is 1. The van der Waals surface area contributed by atoms with E-state index in [-0.39, 0.29) is 11.5 Å². The van der Waals surface area contributed by atoms with E-state index in [1.165, 1.54) is 0 Å². The molecule has 0 aliphatic heterocycles. The SMILES string of the molecule is Cc1ccc(-c2nc(C)c(F)c(NN)n2)c(Br)c1. The first-order valence-corrected chi connectivity index (χ1v) is 6.09. The van der Waals surface area contributed by atoms with Gasteiger partial charge in [-0.3, -0.25) is 0 Å². The lowest BCUT2D eigenvalue weighted by Gasteiger charge is -2.09. The molecule has 1 heterocycles. The van der Waals surface area contributed by atoms with Crippen molar-refractivity contribution in [3.63, 3.8) is 0 Å². The van der Waals surface area contributed by atoms with E-state index in [0.717, 1.165) is 15.6 Å². The summed E-state index contributed by atoms with van der Waals surface area (Å²) in [6.45, 7) is 3.56. The highest BCUT2D eigenvalue weighted by molar-refractivity contribution is 9.10. The van der Waals surface area contributed by atoms with Gasteiger partial charge in [0.25, 0.3) is 0 Å². The van der Waals surface area contributed by atoms with Gasteiger partial charge in [-0.1, -0.05) is 22.0 Å². The van der Waals surface area contributed by atoms with Crippen molar-refractivity contribution in [2.75, 3.05) is 5.43 Å². The normalized spacial score (nSPS) is 10.5. The summed E-state index contributed by atoms with van der Waals surface area (Å²) in [5.41, 5.74) is 4.39. The van der Waals surface area contributed by atoms with Gasteiger partial charge in [-0.2, -0.15) is 0 Å². The quantitative estimate of drug-likeness (QED) is 0.661. The summed E-state index contributed by atoms with van der Waals surface area (Å²) in [5, 5.41) is 0. The number of halogens is 2. The zero-order chi connectivity index (χ0) is 13.3. The molecule has 0 saturated carbocycles. The van der Waals surface area contributed by atoms with Gasteiger partial charge in [0, 0.05) is 10.0 Å². The van der Waals surface area contributed by atoms with Gasteiger partial charge in [-0.15, -0.1) is 0 Å². The van der Waals surface area contributed by atoms with Crippen LogP contribution in [0, 0.1) is 19.7 Å². The van der Waals surface area contributed by atoms with Gasteiger partial charge in [0.15, 0.2) is 17.5 Å². The third kappa shape index (κ3) is 2.34. The minimum Gasteiger partial charge on any atom is -0.306 e. The highest BCUT2D eigenvalue weighted by Gasteiger charge is 2.13. The molecule has 2 aromatic rings. The van der Waals surface area contributed by atoms with E-state index in [4.69, 9.17) is 5.84 Å². The predicted molar refractivity (Wildman–Crippen MR) is 72.4 cm³/mol. The Labute approximate surface area is 113 Å². The fraction of sp³-hybridized carbons (Fsp3) is 0.167. The Hall–Kier alpha value is -1.53. The van der Waals surface area contributed by atoms with E-state index >= 15 is 0 Å².